The van der Waals surface area contributed by atoms with Crippen LogP contribution in [0, 0.1) is 5.92 Å². The molecule has 1 aromatic carbocycles. The van der Waals surface area contributed by atoms with Crippen LogP contribution in [0.25, 0.3) is 10.9 Å². The monoisotopic (exact) mass is 423 g/mol. The Labute approximate surface area is 171 Å². The zero-order valence-corrected chi connectivity index (χ0v) is 17.7. The van der Waals surface area contributed by atoms with E-state index >= 15 is 0 Å². The first-order valence-corrected chi connectivity index (χ1v) is 11.6. The van der Waals surface area contributed by atoms with Gasteiger partial charge in [-0.15, -0.1) is 0 Å². The van der Waals surface area contributed by atoms with E-state index in [1.807, 2.05) is 6.92 Å². The fourth-order valence-corrected chi connectivity index (χ4v) is 4.54. The summed E-state index contributed by atoms with van der Waals surface area (Å²) in [7, 11) is -1.54. The SMILES string of the molecule is CS(=O)(=O)O.C[C@@H](CO)NC(=O)[C@@H]1C[C@@H]2c3cccc4[nH]cc(c34)C[C@H]2N(C)C1. The molecule has 1 saturated heterocycles. The van der Waals surface area contributed by atoms with Gasteiger partial charge in [0.05, 0.1) is 18.8 Å². The molecule has 0 saturated carbocycles. The number of carbonyl (C=O) groups excluding carboxylic acids is 1. The van der Waals surface area contributed by atoms with E-state index in [-0.39, 0.29) is 24.5 Å². The van der Waals surface area contributed by atoms with E-state index in [2.05, 4.69) is 46.6 Å². The minimum absolute atomic E-state index is 0.0215. The van der Waals surface area contributed by atoms with Crippen molar-refractivity contribution in [3.63, 3.8) is 0 Å². The standard InChI is InChI=1S/C19H25N3O2.CH4O3S/c1-11(10-23)21-19(24)13-6-15-14-4-3-5-16-18(14)12(8-20-16)7-17(15)22(2)9-13;1-5(2,3)4/h3-5,8,11,13,15,17,20,23H,6-7,9-10H2,1-2H3,(H,21,24);1H3,(H,2,3,4)/t11-,13+,15+,17+;/m0./s1. The fourth-order valence-electron chi connectivity index (χ4n) is 4.54. The number of rotatable bonds is 3. The summed E-state index contributed by atoms with van der Waals surface area (Å²) in [4.78, 5) is 18.3. The molecular weight excluding hydrogens is 394 g/mol. The average molecular weight is 424 g/mol. The molecule has 29 heavy (non-hydrogen) atoms. The molecule has 0 bridgehead atoms. The Bertz CT molecular complexity index is 979. The Morgan fingerprint density at radius 1 is 1.41 bits per heavy atom. The lowest BCUT2D eigenvalue weighted by molar-refractivity contribution is -0.128. The van der Waals surface area contributed by atoms with E-state index in [1.54, 1.807) is 0 Å². The van der Waals surface area contributed by atoms with E-state index in [1.165, 1.54) is 22.0 Å². The highest BCUT2D eigenvalue weighted by Gasteiger charge is 2.41. The van der Waals surface area contributed by atoms with Crippen LogP contribution in [0.2, 0.25) is 0 Å². The van der Waals surface area contributed by atoms with Crippen molar-refractivity contribution in [2.45, 2.75) is 37.8 Å². The van der Waals surface area contributed by atoms with Crippen molar-refractivity contribution in [1.29, 1.82) is 0 Å². The minimum atomic E-state index is -3.67. The number of hydrogen-bond acceptors (Lipinski definition) is 5. The molecule has 0 spiro atoms. The summed E-state index contributed by atoms with van der Waals surface area (Å²) in [5, 5.41) is 13.5. The summed E-state index contributed by atoms with van der Waals surface area (Å²) in [6.45, 7) is 2.59. The van der Waals surface area contributed by atoms with Crippen molar-refractivity contribution in [3.05, 3.63) is 35.5 Å². The lowest BCUT2D eigenvalue weighted by Crippen LogP contribution is -2.52. The molecule has 1 fully saturated rings. The second kappa shape index (κ2) is 8.43. The molecule has 2 aliphatic rings. The number of aliphatic hydroxyl groups excluding tert-OH is 1. The molecule has 1 amide bonds. The first kappa shape index (κ1) is 21.8. The molecule has 1 aliphatic carbocycles. The molecule has 4 atom stereocenters. The summed E-state index contributed by atoms with van der Waals surface area (Å²) in [6, 6.07) is 6.73. The highest BCUT2D eigenvalue weighted by atomic mass is 32.2. The third-order valence-corrected chi connectivity index (χ3v) is 5.76. The molecule has 9 heteroatoms. The van der Waals surface area contributed by atoms with Crippen LogP contribution in [0.3, 0.4) is 0 Å². The first-order valence-electron chi connectivity index (χ1n) is 9.71. The van der Waals surface area contributed by atoms with Gasteiger partial charge in [0.25, 0.3) is 10.1 Å². The number of nitrogens with zero attached hydrogens (tertiary/aromatic N) is 1. The zero-order chi connectivity index (χ0) is 21.3. The predicted octanol–water partition coefficient (Wildman–Crippen LogP) is 1.13. The van der Waals surface area contributed by atoms with Gasteiger partial charge in [-0.05, 0) is 44.0 Å². The van der Waals surface area contributed by atoms with Gasteiger partial charge in [-0.1, -0.05) is 12.1 Å². The third-order valence-electron chi connectivity index (χ3n) is 5.76. The van der Waals surface area contributed by atoms with Crippen LogP contribution in [0.4, 0.5) is 0 Å². The van der Waals surface area contributed by atoms with Gasteiger partial charge in [0.2, 0.25) is 5.91 Å². The maximum Gasteiger partial charge on any atom is 0.261 e. The van der Waals surface area contributed by atoms with Gasteiger partial charge in [0, 0.05) is 41.6 Å². The molecule has 1 aliphatic heterocycles. The average Bonchev–Trinajstić information content (AvgIpc) is 3.05. The number of likely N-dealkylation sites (tertiary alicyclic amines) is 1. The molecule has 4 rings (SSSR count). The highest BCUT2D eigenvalue weighted by molar-refractivity contribution is 7.85. The first-order chi connectivity index (χ1) is 13.6. The summed E-state index contributed by atoms with van der Waals surface area (Å²) in [6.07, 6.45) is 4.77. The van der Waals surface area contributed by atoms with Crippen LogP contribution in [0.1, 0.15) is 30.4 Å². The number of H-pyrrole nitrogens is 1. The number of fused-ring (bicyclic) bond motifs is 2. The maximum atomic E-state index is 12.6. The van der Waals surface area contributed by atoms with Gasteiger partial charge in [-0.3, -0.25) is 9.35 Å². The van der Waals surface area contributed by atoms with Crippen molar-refractivity contribution in [1.82, 2.24) is 15.2 Å². The highest BCUT2D eigenvalue weighted by Crippen LogP contribution is 2.44. The van der Waals surface area contributed by atoms with Crippen molar-refractivity contribution < 1.29 is 22.9 Å². The lowest BCUT2D eigenvalue weighted by atomic mass is 9.72. The van der Waals surface area contributed by atoms with Crippen LogP contribution in [0.15, 0.2) is 24.4 Å². The molecule has 2 aromatic rings. The van der Waals surface area contributed by atoms with Gasteiger partial charge >= 0.3 is 0 Å². The Balaban J connectivity index is 0.000000431. The van der Waals surface area contributed by atoms with Crippen LogP contribution < -0.4 is 5.32 Å². The zero-order valence-electron chi connectivity index (χ0n) is 16.9. The Hall–Kier alpha value is -1.94. The van der Waals surface area contributed by atoms with Gasteiger partial charge in [-0.25, -0.2) is 0 Å². The number of benzene rings is 1. The number of aromatic nitrogens is 1. The quantitative estimate of drug-likeness (QED) is 0.549. The number of aliphatic hydroxyl groups is 1. The van der Waals surface area contributed by atoms with Crippen molar-refractivity contribution in [3.8, 4) is 0 Å². The summed E-state index contributed by atoms with van der Waals surface area (Å²) >= 11 is 0. The number of aromatic amines is 1. The van der Waals surface area contributed by atoms with Crippen molar-refractivity contribution in [2.24, 2.45) is 5.92 Å². The van der Waals surface area contributed by atoms with E-state index in [0.717, 1.165) is 19.4 Å². The summed E-state index contributed by atoms with van der Waals surface area (Å²) < 4.78 is 25.9. The molecule has 2 heterocycles. The maximum absolute atomic E-state index is 12.6. The van der Waals surface area contributed by atoms with Crippen molar-refractivity contribution >= 4 is 26.9 Å². The molecule has 4 N–H and O–H groups in total. The number of hydrogen-bond donors (Lipinski definition) is 4. The predicted molar refractivity (Wildman–Crippen MR) is 111 cm³/mol. The number of carbonyl (C=O) groups is 1. The van der Waals surface area contributed by atoms with Gasteiger partial charge in [-0.2, -0.15) is 8.42 Å². The topological polar surface area (TPSA) is 123 Å². The minimum Gasteiger partial charge on any atom is -0.394 e. The number of amides is 1. The molecule has 1 aromatic heterocycles. The summed E-state index contributed by atoms with van der Waals surface area (Å²) in [5.41, 5.74) is 3.97. The Morgan fingerprint density at radius 3 is 2.76 bits per heavy atom. The van der Waals surface area contributed by atoms with Crippen LogP contribution in [-0.4, -0.2) is 72.4 Å². The Morgan fingerprint density at radius 2 is 2.10 bits per heavy atom. The van der Waals surface area contributed by atoms with E-state index in [0.29, 0.717) is 18.2 Å². The molecule has 0 radical (unpaired) electrons. The summed E-state index contributed by atoms with van der Waals surface area (Å²) in [5.74, 6) is 0.422. The second-order valence-corrected chi connectivity index (χ2v) is 9.63. The van der Waals surface area contributed by atoms with Gasteiger partial charge in [0.15, 0.2) is 0 Å². The third kappa shape index (κ3) is 4.98. The van der Waals surface area contributed by atoms with Crippen LogP contribution in [0.5, 0.6) is 0 Å². The molecule has 0 unspecified atom stereocenters. The van der Waals surface area contributed by atoms with Crippen LogP contribution in [-0.2, 0) is 21.3 Å². The smallest absolute Gasteiger partial charge is 0.261 e. The Kier molecular flexibility index (Phi) is 6.33. The number of piperidine rings is 1. The second-order valence-electron chi connectivity index (χ2n) is 8.16. The van der Waals surface area contributed by atoms with Gasteiger partial charge < -0.3 is 20.3 Å². The molecule has 160 valence electrons. The number of nitrogens with one attached hydrogen (secondary N) is 2. The largest absolute Gasteiger partial charge is 0.394 e. The molecule has 8 nitrogen and oxygen atoms in total. The molecular formula is C20H29N3O5S. The van der Waals surface area contributed by atoms with E-state index in [9.17, 15) is 18.3 Å². The lowest BCUT2D eigenvalue weighted by Gasteiger charge is -2.45. The van der Waals surface area contributed by atoms with Gasteiger partial charge in [0.1, 0.15) is 0 Å². The normalized spacial score (nSPS) is 24.9. The number of likely N-dealkylation sites (N-methyl/N-ethyl adjacent to an activating group) is 1. The van der Waals surface area contributed by atoms with Crippen molar-refractivity contribution in [2.75, 3.05) is 26.5 Å². The van der Waals surface area contributed by atoms with Crippen LogP contribution >= 0.6 is 0 Å². The fraction of sp³-hybridized carbons (Fsp3) is 0.550. The van der Waals surface area contributed by atoms with E-state index in [4.69, 9.17) is 4.55 Å². The van der Waals surface area contributed by atoms with E-state index < -0.39 is 10.1 Å².